The van der Waals surface area contributed by atoms with Crippen LogP contribution in [0.15, 0.2) is 17.0 Å². The summed E-state index contributed by atoms with van der Waals surface area (Å²) in [6.07, 6.45) is 1.24. The second-order valence-corrected chi connectivity index (χ2v) is 6.68. The summed E-state index contributed by atoms with van der Waals surface area (Å²) < 4.78 is 35.1. The van der Waals surface area contributed by atoms with E-state index in [0.29, 0.717) is 41.6 Å². The fourth-order valence-electron chi connectivity index (χ4n) is 2.31. The van der Waals surface area contributed by atoms with Crippen molar-refractivity contribution in [2.75, 3.05) is 19.0 Å². The Bertz CT molecular complexity index is 582. The lowest BCUT2D eigenvalue weighted by atomic mass is 10.0. The molecule has 0 amide bonds. The number of hydrogen-bond donors (Lipinski definition) is 1. The summed E-state index contributed by atoms with van der Waals surface area (Å²) in [5.74, 6) is 1.20. The lowest BCUT2D eigenvalue weighted by molar-refractivity contribution is 0.296. The van der Waals surface area contributed by atoms with Crippen LogP contribution in [-0.4, -0.2) is 27.4 Å². The van der Waals surface area contributed by atoms with Crippen LogP contribution < -0.4 is 15.2 Å². The first-order chi connectivity index (χ1) is 8.58. The Balaban J connectivity index is 2.19. The molecule has 0 radical (unpaired) electrons. The molecule has 2 N–H and O–H groups in total. The molecule has 0 aliphatic carbocycles. The maximum atomic E-state index is 12.0. The molecule has 3 rings (SSSR count). The summed E-state index contributed by atoms with van der Waals surface area (Å²) in [7, 11) is -3.24. The van der Waals surface area contributed by atoms with Crippen LogP contribution in [0.4, 0.5) is 0 Å². The van der Waals surface area contributed by atoms with Gasteiger partial charge in [0.1, 0.15) is 0 Å². The number of sulfone groups is 1. The minimum atomic E-state index is -3.24. The van der Waals surface area contributed by atoms with Gasteiger partial charge in [-0.1, -0.05) is 0 Å². The zero-order valence-corrected chi connectivity index (χ0v) is 10.7. The first-order valence-electron chi connectivity index (χ1n) is 6.00. The third kappa shape index (κ3) is 1.85. The van der Waals surface area contributed by atoms with Gasteiger partial charge >= 0.3 is 0 Å². The van der Waals surface area contributed by atoms with Crippen LogP contribution in [0.5, 0.6) is 11.5 Å². The maximum absolute atomic E-state index is 12.0. The molecule has 2 heterocycles. The van der Waals surface area contributed by atoms with Gasteiger partial charge in [-0.05, 0) is 18.1 Å². The monoisotopic (exact) mass is 269 g/mol. The van der Waals surface area contributed by atoms with Gasteiger partial charge in [-0.3, -0.25) is 0 Å². The Morgan fingerprint density at radius 1 is 1.17 bits per heavy atom. The van der Waals surface area contributed by atoms with Crippen molar-refractivity contribution in [2.45, 2.75) is 23.8 Å². The third-order valence-corrected chi connectivity index (χ3v) is 5.11. The van der Waals surface area contributed by atoms with E-state index in [1.165, 1.54) is 0 Å². The van der Waals surface area contributed by atoms with Gasteiger partial charge in [-0.15, -0.1) is 0 Å². The van der Waals surface area contributed by atoms with E-state index in [1.807, 2.05) is 0 Å². The Kier molecular flexibility index (Phi) is 2.71. The molecule has 6 heteroatoms. The van der Waals surface area contributed by atoms with Gasteiger partial charge in [0.15, 0.2) is 21.3 Å². The van der Waals surface area contributed by atoms with E-state index in [9.17, 15) is 8.42 Å². The second kappa shape index (κ2) is 4.13. The minimum Gasteiger partial charge on any atom is -0.490 e. The highest BCUT2D eigenvalue weighted by Gasteiger charge is 2.30. The van der Waals surface area contributed by atoms with Crippen LogP contribution in [0.3, 0.4) is 0 Å². The van der Waals surface area contributed by atoms with Crippen LogP contribution in [0.1, 0.15) is 24.4 Å². The summed E-state index contributed by atoms with van der Waals surface area (Å²) in [5.41, 5.74) is 6.62. The first kappa shape index (κ1) is 11.8. The highest BCUT2D eigenvalue weighted by molar-refractivity contribution is 7.91. The smallest absolute Gasteiger partial charge is 0.178 e. The SMILES string of the molecule is NC1CCS(=O)(=O)c2cc3c(cc21)OCCCO3. The quantitative estimate of drug-likeness (QED) is 0.761. The van der Waals surface area contributed by atoms with Gasteiger partial charge in [0, 0.05) is 18.5 Å². The van der Waals surface area contributed by atoms with E-state index >= 15 is 0 Å². The lowest BCUT2D eigenvalue weighted by Crippen LogP contribution is -2.25. The molecule has 2 aliphatic heterocycles. The summed E-state index contributed by atoms with van der Waals surface area (Å²) in [5, 5.41) is 0. The van der Waals surface area contributed by atoms with Crippen molar-refractivity contribution < 1.29 is 17.9 Å². The summed E-state index contributed by atoms with van der Waals surface area (Å²) in [4.78, 5) is 0.297. The predicted octanol–water partition coefficient (Wildman–Crippen LogP) is 1.03. The average molecular weight is 269 g/mol. The maximum Gasteiger partial charge on any atom is 0.178 e. The van der Waals surface area contributed by atoms with Crippen molar-refractivity contribution in [2.24, 2.45) is 5.73 Å². The van der Waals surface area contributed by atoms with Gasteiger partial charge in [0.05, 0.1) is 23.9 Å². The highest BCUT2D eigenvalue weighted by Crippen LogP contribution is 2.40. The van der Waals surface area contributed by atoms with E-state index in [0.717, 1.165) is 6.42 Å². The first-order valence-corrected chi connectivity index (χ1v) is 7.65. The topological polar surface area (TPSA) is 78.6 Å². The Labute approximate surface area is 106 Å². The van der Waals surface area contributed by atoms with E-state index < -0.39 is 9.84 Å². The number of rotatable bonds is 0. The number of ether oxygens (including phenoxy) is 2. The molecule has 1 atom stereocenters. The average Bonchev–Trinajstić information content (AvgIpc) is 2.57. The summed E-state index contributed by atoms with van der Waals surface area (Å²) >= 11 is 0. The van der Waals surface area contributed by atoms with E-state index in [1.54, 1.807) is 12.1 Å². The third-order valence-electron chi connectivity index (χ3n) is 3.31. The number of benzene rings is 1. The van der Waals surface area contributed by atoms with Gasteiger partial charge < -0.3 is 15.2 Å². The predicted molar refractivity (Wildman–Crippen MR) is 65.6 cm³/mol. The Hall–Kier alpha value is -1.27. The molecule has 5 nitrogen and oxygen atoms in total. The summed E-state index contributed by atoms with van der Waals surface area (Å²) in [6, 6.07) is 3.03. The largest absolute Gasteiger partial charge is 0.490 e. The normalized spacial score (nSPS) is 25.1. The molecule has 0 spiro atoms. The van der Waals surface area contributed by atoms with Crippen molar-refractivity contribution >= 4 is 9.84 Å². The molecular formula is C12H15NO4S. The summed E-state index contributed by atoms with van der Waals surface area (Å²) in [6.45, 7) is 1.12. The Morgan fingerprint density at radius 2 is 1.83 bits per heavy atom. The van der Waals surface area contributed by atoms with Crippen LogP contribution in [0, 0.1) is 0 Å². The van der Waals surface area contributed by atoms with E-state index in [-0.39, 0.29) is 11.8 Å². The molecular weight excluding hydrogens is 254 g/mol. The molecule has 98 valence electrons. The molecule has 0 aromatic heterocycles. The molecule has 1 aromatic carbocycles. The number of nitrogens with two attached hydrogens (primary N) is 1. The van der Waals surface area contributed by atoms with E-state index in [4.69, 9.17) is 15.2 Å². The van der Waals surface area contributed by atoms with Crippen LogP contribution in [0.25, 0.3) is 0 Å². The highest BCUT2D eigenvalue weighted by atomic mass is 32.2. The molecule has 0 saturated carbocycles. The van der Waals surface area contributed by atoms with Crippen molar-refractivity contribution in [3.8, 4) is 11.5 Å². The fourth-order valence-corrected chi connectivity index (χ4v) is 3.95. The second-order valence-electron chi connectivity index (χ2n) is 4.60. The fraction of sp³-hybridized carbons (Fsp3) is 0.500. The molecule has 1 aromatic rings. The van der Waals surface area contributed by atoms with Crippen molar-refractivity contribution in [1.29, 1.82) is 0 Å². The molecule has 2 aliphatic rings. The molecule has 1 unspecified atom stereocenters. The zero-order chi connectivity index (χ0) is 12.8. The molecule has 18 heavy (non-hydrogen) atoms. The lowest BCUT2D eigenvalue weighted by Gasteiger charge is -2.23. The van der Waals surface area contributed by atoms with Gasteiger partial charge in [0.25, 0.3) is 0 Å². The zero-order valence-electron chi connectivity index (χ0n) is 9.89. The van der Waals surface area contributed by atoms with Gasteiger partial charge in [-0.2, -0.15) is 0 Å². The van der Waals surface area contributed by atoms with Crippen molar-refractivity contribution in [1.82, 2.24) is 0 Å². The van der Waals surface area contributed by atoms with Gasteiger partial charge in [-0.25, -0.2) is 8.42 Å². The molecule has 0 saturated heterocycles. The van der Waals surface area contributed by atoms with Crippen molar-refractivity contribution in [3.05, 3.63) is 17.7 Å². The van der Waals surface area contributed by atoms with Crippen LogP contribution >= 0.6 is 0 Å². The van der Waals surface area contributed by atoms with Gasteiger partial charge in [0.2, 0.25) is 0 Å². The number of fused-ring (bicyclic) bond motifs is 2. The Morgan fingerprint density at radius 3 is 2.56 bits per heavy atom. The van der Waals surface area contributed by atoms with E-state index in [2.05, 4.69) is 0 Å². The van der Waals surface area contributed by atoms with Crippen molar-refractivity contribution in [3.63, 3.8) is 0 Å². The standard InChI is InChI=1S/C12H15NO4S/c13-9-2-5-18(14,15)12-7-11-10(6-8(9)12)16-3-1-4-17-11/h6-7,9H,1-5,13H2. The molecule has 0 bridgehead atoms. The minimum absolute atomic E-state index is 0.0980. The molecule has 0 fully saturated rings. The number of hydrogen-bond acceptors (Lipinski definition) is 5. The van der Waals surface area contributed by atoms with Crippen LogP contribution in [-0.2, 0) is 9.84 Å². The van der Waals surface area contributed by atoms with Crippen LogP contribution in [0.2, 0.25) is 0 Å².